The van der Waals surface area contributed by atoms with Crippen LogP contribution in [0.25, 0.3) is 0 Å². The Morgan fingerprint density at radius 3 is 2.59 bits per heavy atom. The van der Waals surface area contributed by atoms with Crippen LogP contribution in [0.3, 0.4) is 0 Å². The zero-order valence-corrected chi connectivity index (χ0v) is 11.1. The maximum atomic E-state index is 11.6. The lowest BCUT2D eigenvalue weighted by Gasteiger charge is -2.24. The highest BCUT2D eigenvalue weighted by Crippen LogP contribution is 2.22. The summed E-state index contributed by atoms with van der Waals surface area (Å²) in [5, 5.41) is 0. The number of methoxy groups -OCH3 is 2. The Morgan fingerprint density at radius 2 is 2.00 bits per heavy atom. The predicted molar refractivity (Wildman–Crippen MR) is 67.2 cm³/mol. The lowest BCUT2D eigenvalue weighted by atomic mass is 10.1. The van der Waals surface area contributed by atoms with E-state index in [1.54, 1.807) is 14.2 Å². The van der Waals surface area contributed by atoms with Crippen molar-refractivity contribution in [1.29, 1.82) is 0 Å². The van der Waals surface area contributed by atoms with Crippen LogP contribution in [0.2, 0.25) is 0 Å². The molecule has 100 valence electrons. The molecule has 1 aliphatic rings. The largest absolute Gasteiger partial charge is 0.385 e. The summed E-state index contributed by atoms with van der Waals surface area (Å²) in [6.45, 7) is 4.30. The molecule has 0 aromatic carbocycles. The molecule has 0 saturated heterocycles. The van der Waals surface area contributed by atoms with Gasteiger partial charge in [-0.05, 0) is 19.3 Å². The zero-order chi connectivity index (χ0) is 12.5. The van der Waals surface area contributed by atoms with E-state index >= 15 is 0 Å². The van der Waals surface area contributed by atoms with Crippen molar-refractivity contribution in [1.82, 2.24) is 4.90 Å². The first-order chi connectivity index (χ1) is 8.27. The number of carbonyl (C=O) groups is 1. The Bertz CT molecular complexity index is 221. The molecule has 1 aliphatic carbocycles. The van der Waals surface area contributed by atoms with E-state index in [1.807, 2.05) is 0 Å². The van der Waals surface area contributed by atoms with Crippen LogP contribution in [0.1, 0.15) is 25.7 Å². The lowest BCUT2D eigenvalue weighted by molar-refractivity contribution is -0.121. The Labute approximate surface area is 104 Å². The maximum Gasteiger partial charge on any atom is 0.137 e. The van der Waals surface area contributed by atoms with Crippen molar-refractivity contribution >= 4 is 5.78 Å². The van der Waals surface area contributed by atoms with Gasteiger partial charge in [0.25, 0.3) is 0 Å². The van der Waals surface area contributed by atoms with Crippen molar-refractivity contribution < 1.29 is 14.3 Å². The predicted octanol–water partition coefficient (Wildman–Crippen LogP) is 1.34. The van der Waals surface area contributed by atoms with E-state index < -0.39 is 0 Å². The summed E-state index contributed by atoms with van der Waals surface area (Å²) < 4.78 is 10.2. The van der Waals surface area contributed by atoms with Gasteiger partial charge in [-0.25, -0.2) is 0 Å². The van der Waals surface area contributed by atoms with Gasteiger partial charge in [0, 0.05) is 52.8 Å². The molecule has 4 nitrogen and oxygen atoms in total. The molecule has 0 aromatic rings. The highest BCUT2D eigenvalue weighted by atomic mass is 16.5. The number of ketones is 1. The van der Waals surface area contributed by atoms with Gasteiger partial charge in [0.2, 0.25) is 0 Å². The van der Waals surface area contributed by atoms with Gasteiger partial charge in [0.05, 0.1) is 6.61 Å². The molecular weight excluding hydrogens is 218 g/mol. The maximum absolute atomic E-state index is 11.6. The third-order valence-corrected chi connectivity index (χ3v) is 3.34. The average Bonchev–Trinajstić information content (AvgIpc) is 2.72. The molecule has 0 spiro atoms. The monoisotopic (exact) mass is 243 g/mol. The van der Waals surface area contributed by atoms with E-state index in [0.717, 1.165) is 58.5 Å². The van der Waals surface area contributed by atoms with E-state index in [2.05, 4.69) is 4.90 Å². The van der Waals surface area contributed by atoms with Crippen LogP contribution < -0.4 is 0 Å². The van der Waals surface area contributed by atoms with Gasteiger partial charge in [-0.3, -0.25) is 4.79 Å². The van der Waals surface area contributed by atoms with Crippen LogP contribution >= 0.6 is 0 Å². The molecule has 0 radical (unpaired) electrons. The standard InChI is InChI=1S/C13H25NO3/c1-16-9-4-7-14(8-10-17-2)11-12-5-3-6-13(12)15/h12H,3-11H2,1-2H3. The number of hydrogen-bond acceptors (Lipinski definition) is 4. The SMILES string of the molecule is COCCCN(CCOC)CC1CCCC1=O. The number of ether oxygens (including phenoxy) is 2. The molecule has 1 saturated carbocycles. The topological polar surface area (TPSA) is 38.8 Å². The molecule has 0 amide bonds. The molecule has 17 heavy (non-hydrogen) atoms. The van der Waals surface area contributed by atoms with Crippen molar-refractivity contribution in [3.8, 4) is 0 Å². The van der Waals surface area contributed by atoms with Crippen LogP contribution in [0.15, 0.2) is 0 Å². The summed E-state index contributed by atoms with van der Waals surface area (Å²) in [4.78, 5) is 14.0. The molecule has 1 rings (SSSR count). The number of rotatable bonds is 9. The Balaban J connectivity index is 2.30. The third-order valence-electron chi connectivity index (χ3n) is 3.34. The molecule has 0 bridgehead atoms. The first-order valence-corrected chi connectivity index (χ1v) is 6.51. The summed E-state index contributed by atoms with van der Waals surface area (Å²) in [6, 6.07) is 0. The fourth-order valence-electron chi connectivity index (χ4n) is 2.34. The minimum atomic E-state index is 0.259. The molecule has 1 atom stereocenters. The van der Waals surface area contributed by atoms with Gasteiger partial charge in [0.15, 0.2) is 0 Å². The number of Topliss-reactive ketones (excluding diaryl/α,β-unsaturated/α-hetero) is 1. The summed E-state index contributed by atoms with van der Waals surface area (Å²) in [6.07, 6.45) is 3.92. The molecule has 4 heteroatoms. The van der Waals surface area contributed by atoms with E-state index in [1.165, 1.54) is 0 Å². The highest BCUT2D eigenvalue weighted by Gasteiger charge is 2.26. The van der Waals surface area contributed by atoms with E-state index in [0.29, 0.717) is 5.78 Å². The van der Waals surface area contributed by atoms with Crippen molar-refractivity contribution in [3.05, 3.63) is 0 Å². The molecule has 0 N–H and O–H groups in total. The van der Waals surface area contributed by atoms with Gasteiger partial charge in [-0.2, -0.15) is 0 Å². The molecule has 0 heterocycles. The first kappa shape index (κ1) is 14.6. The Hall–Kier alpha value is -0.450. The first-order valence-electron chi connectivity index (χ1n) is 6.51. The average molecular weight is 243 g/mol. The summed E-state index contributed by atoms with van der Waals surface area (Å²) in [5.41, 5.74) is 0. The zero-order valence-electron chi connectivity index (χ0n) is 11.1. The van der Waals surface area contributed by atoms with Gasteiger partial charge >= 0.3 is 0 Å². The van der Waals surface area contributed by atoms with Crippen LogP contribution in [0.5, 0.6) is 0 Å². The molecule has 0 aliphatic heterocycles. The van der Waals surface area contributed by atoms with Crippen molar-refractivity contribution in [2.24, 2.45) is 5.92 Å². The number of carbonyl (C=O) groups excluding carboxylic acids is 1. The molecule has 0 aromatic heterocycles. The van der Waals surface area contributed by atoms with Gasteiger partial charge in [0.1, 0.15) is 5.78 Å². The second kappa shape index (κ2) is 8.61. The van der Waals surface area contributed by atoms with Crippen molar-refractivity contribution in [3.63, 3.8) is 0 Å². The highest BCUT2D eigenvalue weighted by molar-refractivity contribution is 5.83. The van der Waals surface area contributed by atoms with Crippen LogP contribution in [0.4, 0.5) is 0 Å². The second-order valence-corrected chi connectivity index (χ2v) is 4.70. The van der Waals surface area contributed by atoms with E-state index in [9.17, 15) is 4.79 Å². The van der Waals surface area contributed by atoms with Crippen LogP contribution in [-0.4, -0.2) is 57.8 Å². The fourth-order valence-corrected chi connectivity index (χ4v) is 2.34. The van der Waals surface area contributed by atoms with E-state index in [4.69, 9.17) is 9.47 Å². The minimum absolute atomic E-state index is 0.259. The summed E-state index contributed by atoms with van der Waals surface area (Å²) >= 11 is 0. The van der Waals surface area contributed by atoms with E-state index in [-0.39, 0.29) is 5.92 Å². The normalized spacial score (nSPS) is 20.4. The number of hydrogen-bond donors (Lipinski definition) is 0. The second-order valence-electron chi connectivity index (χ2n) is 4.70. The third kappa shape index (κ3) is 5.61. The molecular formula is C13H25NO3. The fraction of sp³-hybridized carbons (Fsp3) is 0.923. The molecule has 1 unspecified atom stereocenters. The Kier molecular flexibility index (Phi) is 7.40. The smallest absolute Gasteiger partial charge is 0.137 e. The minimum Gasteiger partial charge on any atom is -0.385 e. The Morgan fingerprint density at radius 1 is 1.24 bits per heavy atom. The molecule has 1 fully saturated rings. The quantitative estimate of drug-likeness (QED) is 0.573. The van der Waals surface area contributed by atoms with Crippen LogP contribution in [-0.2, 0) is 14.3 Å². The lowest BCUT2D eigenvalue weighted by Crippen LogP contribution is -2.35. The number of nitrogens with zero attached hydrogens (tertiary/aromatic N) is 1. The van der Waals surface area contributed by atoms with Crippen molar-refractivity contribution in [2.75, 3.05) is 47.1 Å². The van der Waals surface area contributed by atoms with Crippen LogP contribution in [0, 0.1) is 5.92 Å². The van der Waals surface area contributed by atoms with Gasteiger partial charge < -0.3 is 14.4 Å². The summed E-state index contributed by atoms with van der Waals surface area (Å²) in [7, 11) is 3.44. The van der Waals surface area contributed by atoms with Gasteiger partial charge in [-0.15, -0.1) is 0 Å². The summed E-state index contributed by atoms with van der Waals surface area (Å²) in [5.74, 6) is 0.702. The van der Waals surface area contributed by atoms with Gasteiger partial charge in [-0.1, -0.05) is 0 Å². The van der Waals surface area contributed by atoms with Crippen molar-refractivity contribution in [2.45, 2.75) is 25.7 Å².